The minimum Gasteiger partial charge on any atom is -0.481 e. The Labute approximate surface area is 120 Å². The van der Waals surface area contributed by atoms with E-state index in [0.717, 1.165) is 0 Å². The molecule has 0 saturated heterocycles. The number of pyridine rings is 1. The Kier molecular flexibility index (Phi) is 6.48. The molecular weight excluding hydrogens is 301 g/mol. The highest BCUT2D eigenvalue weighted by Crippen LogP contribution is 2.44. The maximum Gasteiger partial charge on any atom is 0.333 e. The SMILES string of the molecule is O=C(O)CCC(OP(=O)(O)CCc1cccnc1)C(=O)O. The summed E-state index contributed by atoms with van der Waals surface area (Å²) >= 11 is 0. The van der Waals surface area contributed by atoms with Crippen molar-refractivity contribution in [3.8, 4) is 0 Å². The van der Waals surface area contributed by atoms with E-state index in [0.29, 0.717) is 5.56 Å². The van der Waals surface area contributed by atoms with Gasteiger partial charge in [-0.1, -0.05) is 6.07 Å². The summed E-state index contributed by atoms with van der Waals surface area (Å²) in [5.41, 5.74) is 0.716. The molecule has 0 radical (unpaired) electrons. The summed E-state index contributed by atoms with van der Waals surface area (Å²) < 4.78 is 16.5. The molecule has 2 unspecified atom stereocenters. The van der Waals surface area contributed by atoms with Crippen molar-refractivity contribution < 1.29 is 33.8 Å². The normalized spacial score (nSPS) is 15.1. The van der Waals surface area contributed by atoms with Crippen molar-refractivity contribution in [1.29, 1.82) is 0 Å². The lowest BCUT2D eigenvalue weighted by Gasteiger charge is -2.17. The lowest BCUT2D eigenvalue weighted by atomic mass is 10.2. The smallest absolute Gasteiger partial charge is 0.333 e. The van der Waals surface area contributed by atoms with Crippen LogP contribution in [0, 0.1) is 0 Å². The van der Waals surface area contributed by atoms with E-state index in [1.807, 2.05) is 0 Å². The van der Waals surface area contributed by atoms with Crippen LogP contribution >= 0.6 is 7.60 Å². The molecular formula is C12H16NO7P. The van der Waals surface area contributed by atoms with Gasteiger partial charge in [0.05, 0.1) is 6.16 Å². The van der Waals surface area contributed by atoms with E-state index < -0.39 is 32.1 Å². The fraction of sp³-hybridized carbons (Fsp3) is 0.417. The fourth-order valence-electron chi connectivity index (χ4n) is 1.54. The van der Waals surface area contributed by atoms with Crippen LogP contribution in [0.15, 0.2) is 24.5 Å². The summed E-state index contributed by atoms with van der Waals surface area (Å²) in [7, 11) is -4.13. The first-order valence-electron chi connectivity index (χ1n) is 6.14. The van der Waals surface area contributed by atoms with Crippen LogP contribution in [0.3, 0.4) is 0 Å². The van der Waals surface area contributed by atoms with Gasteiger partial charge in [0.15, 0.2) is 6.10 Å². The molecule has 0 aliphatic heterocycles. The van der Waals surface area contributed by atoms with Crippen LogP contribution in [-0.4, -0.2) is 44.3 Å². The molecule has 0 aliphatic carbocycles. The molecule has 1 heterocycles. The lowest BCUT2D eigenvalue weighted by molar-refractivity contribution is -0.146. The average molecular weight is 317 g/mol. The largest absolute Gasteiger partial charge is 0.481 e. The van der Waals surface area contributed by atoms with Crippen molar-refractivity contribution >= 4 is 19.5 Å². The Hall–Kier alpha value is -1.76. The summed E-state index contributed by atoms with van der Waals surface area (Å²) in [6, 6.07) is 3.39. The molecule has 21 heavy (non-hydrogen) atoms. The van der Waals surface area contributed by atoms with E-state index in [-0.39, 0.29) is 19.0 Å². The summed E-state index contributed by atoms with van der Waals surface area (Å²) in [5, 5.41) is 17.4. The zero-order valence-electron chi connectivity index (χ0n) is 11.1. The molecule has 0 saturated carbocycles. The van der Waals surface area contributed by atoms with Gasteiger partial charge in [-0.25, -0.2) is 4.79 Å². The molecule has 8 nitrogen and oxygen atoms in total. The quantitative estimate of drug-likeness (QED) is 0.577. The van der Waals surface area contributed by atoms with Crippen LogP contribution < -0.4 is 0 Å². The van der Waals surface area contributed by atoms with Gasteiger partial charge in [0.1, 0.15) is 0 Å². The van der Waals surface area contributed by atoms with Gasteiger partial charge in [0.25, 0.3) is 0 Å². The first kappa shape index (κ1) is 17.3. The third-order valence-corrected chi connectivity index (χ3v) is 3.97. The van der Waals surface area contributed by atoms with Gasteiger partial charge in [-0.3, -0.25) is 18.9 Å². The molecule has 116 valence electrons. The predicted molar refractivity (Wildman–Crippen MR) is 72.0 cm³/mol. The third-order valence-electron chi connectivity index (χ3n) is 2.59. The second-order valence-corrected chi connectivity index (χ2v) is 6.27. The number of nitrogens with zero attached hydrogens (tertiary/aromatic N) is 1. The number of carboxylic acids is 2. The number of hydrogen-bond donors (Lipinski definition) is 3. The van der Waals surface area contributed by atoms with Gasteiger partial charge < -0.3 is 15.1 Å². The number of hydrogen-bond acceptors (Lipinski definition) is 5. The highest BCUT2D eigenvalue weighted by molar-refractivity contribution is 7.52. The molecule has 9 heteroatoms. The van der Waals surface area contributed by atoms with E-state index >= 15 is 0 Å². The molecule has 3 N–H and O–H groups in total. The summed E-state index contributed by atoms with van der Waals surface area (Å²) in [5.74, 6) is -2.67. The van der Waals surface area contributed by atoms with E-state index in [4.69, 9.17) is 14.7 Å². The zero-order chi connectivity index (χ0) is 15.9. The number of aryl methyl sites for hydroxylation is 1. The van der Waals surface area contributed by atoms with E-state index in [9.17, 15) is 19.0 Å². The molecule has 1 rings (SSSR count). The molecule has 0 spiro atoms. The van der Waals surface area contributed by atoms with Crippen molar-refractivity contribution in [2.75, 3.05) is 6.16 Å². The molecule has 1 aromatic heterocycles. The Morgan fingerprint density at radius 1 is 1.38 bits per heavy atom. The number of rotatable bonds is 9. The van der Waals surface area contributed by atoms with E-state index in [2.05, 4.69) is 4.98 Å². The first-order valence-corrected chi connectivity index (χ1v) is 7.90. The Morgan fingerprint density at radius 3 is 2.62 bits per heavy atom. The van der Waals surface area contributed by atoms with Crippen molar-refractivity contribution in [1.82, 2.24) is 4.98 Å². The molecule has 0 fully saturated rings. The van der Waals surface area contributed by atoms with Gasteiger partial charge in [-0.05, 0) is 24.5 Å². The Morgan fingerprint density at radius 2 is 2.10 bits per heavy atom. The van der Waals surface area contributed by atoms with Crippen LogP contribution in [0.2, 0.25) is 0 Å². The number of carboxylic acid groups (broad SMARTS) is 2. The number of aromatic nitrogens is 1. The van der Waals surface area contributed by atoms with Gasteiger partial charge in [0.2, 0.25) is 0 Å². The number of carbonyl (C=O) groups is 2. The molecule has 0 aliphatic rings. The first-order chi connectivity index (χ1) is 9.80. The monoisotopic (exact) mass is 317 g/mol. The third kappa shape index (κ3) is 6.99. The van der Waals surface area contributed by atoms with Crippen molar-refractivity contribution in [3.63, 3.8) is 0 Å². The predicted octanol–water partition coefficient (Wildman–Crippen LogP) is 1.14. The van der Waals surface area contributed by atoms with Crippen molar-refractivity contribution in [3.05, 3.63) is 30.1 Å². The standard InChI is InChI=1S/C12H16NO7P/c14-11(15)4-3-10(12(16)17)20-21(18,19)7-5-9-2-1-6-13-8-9/h1-2,6,8,10H,3-5,7H2,(H,14,15)(H,16,17)(H,18,19). The molecule has 2 atom stereocenters. The van der Waals surface area contributed by atoms with Crippen LogP contribution in [0.4, 0.5) is 0 Å². The summed E-state index contributed by atoms with van der Waals surface area (Å²) in [4.78, 5) is 34.8. The van der Waals surface area contributed by atoms with Gasteiger partial charge in [0, 0.05) is 18.8 Å². The number of aliphatic carboxylic acids is 2. The van der Waals surface area contributed by atoms with Crippen molar-refractivity contribution in [2.24, 2.45) is 0 Å². The topological polar surface area (TPSA) is 134 Å². The minimum atomic E-state index is -4.13. The minimum absolute atomic E-state index is 0.201. The maximum absolute atomic E-state index is 11.8. The van der Waals surface area contributed by atoms with Crippen LogP contribution in [0.1, 0.15) is 18.4 Å². The van der Waals surface area contributed by atoms with Gasteiger partial charge in [-0.15, -0.1) is 0 Å². The van der Waals surface area contributed by atoms with Crippen molar-refractivity contribution in [2.45, 2.75) is 25.4 Å². The van der Waals surface area contributed by atoms with Gasteiger partial charge in [-0.2, -0.15) is 0 Å². The highest BCUT2D eigenvalue weighted by atomic mass is 31.2. The average Bonchev–Trinajstić information content (AvgIpc) is 2.42. The Balaban J connectivity index is 2.57. The molecule has 1 aromatic rings. The second-order valence-electron chi connectivity index (χ2n) is 4.34. The second kappa shape index (κ2) is 7.87. The molecule has 0 aromatic carbocycles. The molecule has 0 amide bonds. The Bertz CT molecular complexity index is 534. The van der Waals surface area contributed by atoms with Gasteiger partial charge >= 0.3 is 19.5 Å². The molecule has 0 bridgehead atoms. The van der Waals surface area contributed by atoms with E-state index in [1.54, 1.807) is 18.3 Å². The maximum atomic E-state index is 11.8. The lowest BCUT2D eigenvalue weighted by Crippen LogP contribution is -2.24. The highest BCUT2D eigenvalue weighted by Gasteiger charge is 2.29. The van der Waals surface area contributed by atoms with Crippen LogP contribution in [0.25, 0.3) is 0 Å². The summed E-state index contributed by atoms with van der Waals surface area (Å²) in [6.07, 6.45) is 0.569. The fourth-order valence-corrected chi connectivity index (χ4v) is 2.78. The van der Waals surface area contributed by atoms with Crippen LogP contribution in [-0.2, 0) is 25.1 Å². The zero-order valence-corrected chi connectivity index (χ0v) is 12.0. The van der Waals surface area contributed by atoms with Crippen LogP contribution in [0.5, 0.6) is 0 Å². The van der Waals surface area contributed by atoms with E-state index in [1.165, 1.54) is 6.20 Å². The summed E-state index contributed by atoms with van der Waals surface area (Å²) in [6.45, 7) is 0.